The molecule has 0 spiro atoms. The molecule has 0 saturated heterocycles. The predicted octanol–water partition coefficient (Wildman–Crippen LogP) is 1.59. The fraction of sp³-hybridized carbons (Fsp3) is 0.417. The summed E-state index contributed by atoms with van der Waals surface area (Å²) in [4.78, 5) is 14.7. The van der Waals surface area contributed by atoms with Crippen LogP contribution in [-0.2, 0) is 6.54 Å². The standard InChI is InChI=1S/C12H17N3O2/c1-2-14-5-6-15(12(16)17)8-9-3-4-10(13)7-11(9)14/h3-4,7H,2,5-6,8,13H2,1H3,(H,16,17). The van der Waals surface area contributed by atoms with Crippen LogP contribution in [0.4, 0.5) is 16.2 Å². The molecule has 1 aromatic rings. The number of benzene rings is 1. The van der Waals surface area contributed by atoms with Gasteiger partial charge in [-0.2, -0.15) is 0 Å². The summed E-state index contributed by atoms with van der Waals surface area (Å²) in [6, 6.07) is 5.65. The van der Waals surface area contributed by atoms with Crippen LogP contribution < -0.4 is 10.6 Å². The summed E-state index contributed by atoms with van der Waals surface area (Å²) < 4.78 is 0. The van der Waals surface area contributed by atoms with E-state index in [1.54, 1.807) is 0 Å². The lowest BCUT2D eigenvalue weighted by Crippen LogP contribution is -2.34. The van der Waals surface area contributed by atoms with Gasteiger partial charge in [-0.25, -0.2) is 4.79 Å². The summed E-state index contributed by atoms with van der Waals surface area (Å²) in [6.45, 7) is 4.58. The minimum absolute atomic E-state index is 0.432. The first-order valence-electron chi connectivity index (χ1n) is 5.73. The maximum Gasteiger partial charge on any atom is 0.407 e. The first-order valence-corrected chi connectivity index (χ1v) is 5.73. The van der Waals surface area contributed by atoms with Crippen LogP contribution in [0.2, 0.25) is 0 Å². The zero-order valence-electron chi connectivity index (χ0n) is 9.89. The van der Waals surface area contributed by atoms with Crippen molar-refractivity contribution in [3.8, 4) is 0 Å². The number of nitrogens with two attached hydrogens (primary N) is 1. The number of anilines is 2. The molecular formula is C12H17N3O2. The molecule has 17 heavy (non-hydrogen) atoms. The second kappa shape index (κ2) is 4.53. The number of hydrogen-bond acceptors (Lipinski definition) is 3. The van der Waals surface area contributed by atoms with Crippen molar-refractivity contribution in [2.24, 2.45) is 0 Å². The Labute approximate surface area is 100 Å². The van der Waals surface area contributed by atoms with E-state index >= 15 is 0 Å². The van der Waals surface area contributed by atoms with E-state index in [1.807, 2.05) is 18.2 Å². The van der Waals surface area contributed by atoms with Crippen LogP contribution in [0, 0.1) is 0 Å². The molecule has 1 heterocycles. The lowest BCUT2D eigenvalue weighted by Gasteiger charge is -2.22. The Morgan fingerprint density at radius 1 is 1.47 bits per heavy atom. The van der Waals surface area contributed by atoms with E-state index in [-0.39, 0.29) is 0 Å². The van der Waals surface area contributed by atoms with Gasteiger partial charge in [-0.1, -0.05) is 6.07 Å². The fourth-order valence-corrected chi connectivity index (χ4v) is 2.15. The number of likely N-dealkylation sites (N-methyl/N-ethyl adjacent to an activating group) is 1. The van der Waals surface area contributed by atoms with E-state index in [0.29, 0.717) is 25.3 Å². The molecule has 0 unspecified atom stereocenters. The molecule has 0 saturated carbocycles. The number of nitrogens with zero attached hydrogens (tertiary/aromatic N) is 2. The van der Waals surface area contributed by atoms with Crippen LogP contribution in [-0.4, -0.2) is 35.7 Å². The molecule has 1 amide bonds. The third-order valence-electron chi connectivity index (χ3n) is 3.10. The summed E-state index contributed by atoms with van der Waals surface area (Å²) in [7, 11) is 0. The van der Waals surface area contributed by atoms with Gasteiger partial charge in [-0.15, -0.1) is 0 Å². The summed E-state index contributed by atoms with van der Waals surface area (Å²) in [5, 5.41) is 9.09. The van der Waals surface area contributed by atoms with Crippen molar-refractivity contribution < 1.29 is 9.90 Å². The van der Waals surface area contributed by atoms with Gasteiger partial charge < -0.3 is 20.6 Å². The Bertz CT molecular complexity index is 434. The van der Waals surface area contributed by atoms with Crippen LogP contribution in [0.1, 0.15) is 12.5 Å². The van der Waals surface area contributed by atoms with E-state index < -0.39 is 6.09 Å². The lowest BCUT2D eigenvalue weighted by molar-refractivity contribution is 0.144. The molecule has 92 valence electrons. The average Bonchev–Trinajstić information content (AvgIpc) is 2.47. The molecule has 0 aliphatic carbocycles. The Balaban J connectivity index is 2.38. The van der Waals surface area contributed by atoms with Crippen molar-refractivity contribution >= 4 is 17.5 Å². The van der Waals surface area contributed by atoms with Gasteiger partial charge >= 0.3 is 6.09 Å². The van der Waals surface area contributed by atoms with E-state index in [0.717, 1.165) is 17.8 Å². The largest absolute Gasteiger partial charge is 0.465 e. The highest BCUT2D eigenvalue weighted by molar-refractivity contribution is 5.68. The number of nitrogen functional groups attached to an aromatic ring is 1. The molecular weight excluding hydrogens is 218 g/mol. The fourth-order valence-electron chi connectivity index (χ4n) is 2.15. The number of carbonyl (C=O) groups is 1. The molecule has 1 aliphatic heterocycles. The van der Waals surface area contributed by atoms with Gasteiger partial charge in [0.15, 0.2) is 0 Å². The molecule has 5 nitrogen and oxygen atoms in total. The predicted molar refractivity (Wildman–Crippen MR) is 67.2 cm³/mol. The molecule has 3 N–H and O–H groups in total. The number of rotatable bonds is 1. The van der Waals surface area contributed by atoms with Crippen LogP contribution >= 0.6 is 0 Å². The highest BCUT2D eigenvalue weighted by Gasteiger charge is 2.21. The molecule has 0 atom stereocenters. The smallest absolute Gasteiger partial charge is 0.407 e. The molecule has 0 aromatic heterocycles. The van der Waals surface area contributed by atoms with Crippen LogP contribution in [0.5, 0.6) is 0 Å². The second-order valence-electron chi connectivity index (χ2n) is 4.17. The van der Waals surface area contributed by atoms with Gasteiger partial charge in [-0.05, 0) is 24.6 Å². The lowest BCUT2D eigenvalue weighted by atomic mass is 10.1. The minimum atomic E-state index is -0.870. The number of fused-ring (bicyclic) bond motifs is 1. The second-order valence-corrected chi connectivity index (χ2v) is 4.17. The zero-order valence-corrected chi connectivity index (χ0v) is 9.89. The highest BCUT2D eigenvalue weighted by atomic mass is 16.4. The van der Waals surface area contributed by atoms with Crippen LogP contribution in [0.15, 0.2) is 18.2 Å². The summed E-state index contributed by atoms with van der Waals surface area (Å²) in [5.74, 6) is 0. The monoisotopic (exact) mass is 235 g/mol. The van der Waals surface area contributed by atoms with E-state index in [1.165, 1.54) is 4.90 Å². The van der Waals surface area contributed by atoms with Gasteiger partial charge in [0.25, 0.3) is 0 Å². The molecule has 1 aromatic carbocycles. The van der Waals surface area contributed by atoms with Crippen molar-refractivity contribution in [3.63, 3.8) is 0 Å². The molecule has 0 radical (unpaired) electrons. The first kappa shape index (κ1) is 11.6. The number of amides is 1. The Kier molecular flexibility index (Phi) is 3.08. The van der Waals surface area contributed by atoms with Crippen molar-refractivity contribution in [2.75, 3.05) is 30.3 Å². The average molecular weight is 235 g/mol. The molecule has 5 heteroatoms. The number of hydrogen-bond donors (Lipinski definition) is 2. The maximum atomic E-state index is 11.1. The highest BCUT2D eigenvalue weighted by Crippen LogP contribution is 2.27. The SMILES string of the molecule is CCN1CCN(C(=O)O)Cc2ccc(N)cc21. The Hall–Kier alpha value is -1.91. The van der Waals surface area contributed by atoms with E-state index in [4.69, 9.17) is 10.8 Å². The quantitative estimate of drug-likeness (QED) is 0.725. The third-order valence-corrected chi connectivity index (χ3v) is 3.10. The van der Waals surface area contributed by atoms with Gasteiger partial charge in [-0.3, -0.25) is 0 Å². The summed E-state index contributed by atoms with van der Waals surface area (Å²) in [6.07, 6.45) is -0.870. The van der Waals surface area contributed by atoms with Gasteiger partial charge in [0, 0.05) is 31.0 Å². The van der Waals surface area contributed by atoms with Crippen molar-refractivity contribution in [1.29, 1.82) is 0 Å². The van der Waals surface area contributed by atoms with Gasteiger partial charge in [0.1, 0.15) is 0 Å². The van der Waals surface area contributed by atoms with E-state index in [9.17, 15) is 4.79 Å². The molecule has 0 bridgehead atoms. The van der Waals surface area contributed by atoms with Crippen molar-refractivity contribution in [1.82, 2.24) is 4.90 Å². The molecule has 0 fully saturated rings. The van der Waals surface area contributed by atoms with Gasteiger partial charge in [0.05, 0.1) is 6.54 Å². The first-order chi connectivity index (χ1) is 8.11. The molecule has 1 aliphatic rings. The van der Waals surface area contributed by atoms with Crippen molar-refractivity contribution in [3.05, 3.63) is 23.8 Å². The summed E-state index contributed by atoms with van der Waals surface area (Å²) >= 11 is 0. The number of carboxylic acid groups (broad SMARTS) is 1. The normalized spacial score (nSPS) is 15.4. The zero-order chi connectivity index (χ0) is 12.4. The van der Waals surface area contributed by atoms with Crippen molar-refractivity contribution in [2.45, 2.75) is 13.5 Å². The Morgan fingerprint density at radius 2 is 2.24 bits per heavy atom. The van der Waals surface area contributed by atoms with E-state index in [2.05, 4.69) is 11.8 Å². The van der Waals surface area contributed by atoms with Crippen LogP contribution in [0.3, 0.4) is 0 Å². The maximum absolute atomic E-state index is 11.1. The Morgan fingerprint density at radius 3 is 2.88 bits per heavy atom. The molecule has 2 rings (SSSR count). The third kappa shape index (κ3) is 2.27. The summed E-state index contributed by atoms with van der Waals surface area (Å²) in [5.41, 5.74) is 8.57. The van der Waals surface area contributed by atoms with Crippen LogP contribution in [0.25, 0.3) is 0 Å². The minimum Gasteiger partial charge on any atom is -0.465 e. The van der Waals surface area contributed by atoms with Gasteiger partial charge in [0.2, 0.25) is 0 Å². The topological polar surface area (TPSA) is 69.8 Å².